The molecular weight excluding hydrogens is 366 g/mol. The van der Waals surface area contributed by atoms with Gasteiger partial charge >= 0.3 is 0 Å². The van der Waals surface area contributed by atoms with Crippen LogP contribution in [-0.2, 0) is 0 Å². The number of aliphatic hydroxyl groups excluding tert-OH is 9. The van der Waals surface area contributed by atoms with E-state index in [1.165, 1.54) is 0 Å². The third kappa shape index (κ3) is 11.2. The standard InChI is InChI=1S/C6H15NO3.C5H13NO3.C4H11NO3/c1-7(2)6(3-8,4-9)5-10;1-6-5(2-7,3-8)4-9;5-4(1-6,2-7)3-8/h8-10H,3-5H2,1-2H3;6-9H,2-4H2,1H3;6-8H,1-3,5H2. The maximum absolute atomic E-state index is 8.79. The van der Waals surface area contributed by atoms with Gasteiger partial charge in [-0.3, -0.25) is 4.90 Å². The van der Waals surface area contributed by atoms with Gasteiger partial charge in [-0.15, -0.1) is 0 Å². The molecule has 12 N–H and O–H groups in total. The Labute approximate surface area is 160 Å². The van der Waals surface area contributed by atoms with E-state index in [0.29, 0.717) is 0 Å². The molecule has 0 saturated carbocycles. The number of aliphatic hydroxyl groups is 9. The lowest BCUT2D eigenvalue weighted by Crippen LogP contribution is -2.53. The molecule has 0 aliphatic carbocycles. The second kappa shape index (κ2) is 16.5. The van der Waals surface area contributed by atoms with E-state index in [1.807, 2.05) is 0 Å². The number of nitrogens with two attached hydrogens (primary N) is 1. The smallest absolute Gasteiger partial charge is 0.0901 e. The first-order chi connectivity index (χ1) is 12.5. The van der Waals surface area contributed by atoms with Crippen molar-refractivity contribution in [3.63, 3.8) is 0 Å². The summed E-state index contributed by atoms with van der Waals surface area (Å²) in [5, 5.41) is 79.8. The zero-order valence-corrected chi connectivity index (χ0v) is 16.4. The lowest BCUT2D eigenvalue weighted by Gasteiger charge is -2.34. The second-order valence-electron chi connectivity index (χ2n) is 6.43. The summed E-state index contributed by atoms with van der Waals surface area (Å²) in [6.45, 7) is -2.74. The Morgan fingerprint density at radius 3 is 0.926 bits per heavy atom. The van der Waals surface area contributed by atoms with E-state index in [2.05, 4.69) is 5.32 Å². The van der Waals surface area contributed by atoms with E-state index >= 15 is 0 Å². The van der Waals surface area contributed by atoms with Crippen LogP contribution in [0.4, 0.5) is 0 Å². The van der Waals surface area contributed by atoms with Crippen molar-refractivity contribution in [2.24, 2.45) is 5.73 Å². The van der Waals surface area contributed by atoms with Crippen molar-refractivity contribution in [2.45, 2.75) is 16.6 Å². The molecule has 0 atom stereocenters. The fraction of sp³-hybridized carbons (Fsp3) is 1.00. The molecule has 0 amide bonds. The summed E-state index contributed by atoms with van der Waals surface area (Å²) in [5.41, 5.74) is 2.15. The third-order valence-corrected chi connectivity index (χ3v) is 4.21. The summed E-state index contributed by atoms with van der Waals surface area (Å²) in [4.78, 5) is 1.60. The van der Waals surface area contributed by atoms with Gasteiger partial charge in [0.15, 0.2) is 0 Å². The van der Waals surface area contributed by atoms with Crippen molar-refractivity contribution in [3.8, 4) is 0 Å². The minimum atomic E-state index is -1.21. The SMILES string of the molecule is CN(C)C(CO)(CO)CO.CNC(CO)(CO)CO.NC(CO)(CO)CO. The van der Waals surface area contributed by atoms with E-state index in [4.69, 9.17) is 51.7 Å². The van der Waals surface area contributed by atoms with Gasteiger partial charge in [-0.25, -0.2) is 0 Å². The van der Waals surface area contributed by atoms with E-state index in [0.717, 1.165) is 0 Å². The Kier molecular flexibility index (Phi) is 19.0. The topological polar surface area (TPSA) is 223 Å². The van der Waals surface area contributed by atoms with Gasteiger partial charge in [-0.2, -0.15) is 0 Å². The van der Waals surface area contributed by atoms with Crippen molar-refractivity contribution in [2.75, 3.05) is 80.6 Å². The molecule has 0 unspecified atom stereocenters. The largest absolute Gasteiger partial charge is 0.394 e. The van der Waals surface area contributed by atoms with Gasteiger partial charge in [-0.1, -0.05) is 0 Å². The molecule has 0 aromatic rings. The Morgan fingerprint density at radius 2 is 0.926 bits per heavy atom. The van der Waals surface area contributed by atoms with E-state index in [-0.39, 0.29) is 39.6 Å². The van der Waals surface area contributed by atoms with Crippen LogP contribution in [0.3, 0.4) is 0 Å². The van der Waals surface area contributed by atoms with Gasteiger partial charge in [0, 0.05) is 0 Å². The molecule has 0 aliphatic heterocycles. The lowest BCUT2D eigenvalue weighted by molar-refractivity contribution is -0.0224. The predicted octanol–water partition coefficient (Wildman–Crippen LogP) is -6.15. The molecular formula is C15H39N3O9. The minimum absolute atomic E-state index is 0.243. The third-order valence-electron chi connectivity index (χ3n) is 4.21. The highest BCUT2D eigenvalue weighted by molar-refractivity contribution is 4.85. The van der Waals surface area contributed by atoms with Gasteiger partial charge in [-0.05, 0) is 21.1 Å². The van der Waals surface area contributed by atoms with E-state index in [9.17, 15) is 0 Å². The summed E-state index contributed by atoms with van der Waals surface area (Å²) in [6, 6.07) is 0. The molecule has 0 rings (SSSR count). The molecule has 12 heteroatoms. The van der Waals surface area contributed by atoms with Crippen molar-refractivity contribution in [1.29, 1.82) is 0 Å². The Morgan fingerprint density at radius 1 is 0.630 bits per heavy atom. The summed E-state index contributed by atoms with van der Waals surface area (Å²) in [5.74, 6) is 0. The van der Waals surface area contributed by atoms with Crippen LogP contribution >= 0.6 is 0 Å². The molecule has 0 bridgehead atoms. The highest BCUT2D eigenvalue weighted by Crippen LogP contribution is 2.08. The van der Waals surface area contributed by atoms with Crippen LogP contribution in [0.2, 0.25) is 0 Å². The van der Waals surface area contributed by atoms with Crippen LogP contribution in [0.15, 0.2) is 0 Å². The Balaban J connectivity index is -0.000000322. The van der Waals surface area contributed by atoms with Gasteiger partial charge in [0.1, 0.15) is 0 Å². The van der Waals surface area contributed by atoms with Gasteiger partial charge in [0.05, 0.1) is 76.1 Å². The molecule has 0 spiro atoms. The summed E-state index contributed by atoms with van der Waals surface area (Å²) in [6.07, 6.45) is 0. The number of nitrogens with one attached hydrogen (secondary N) is 1. The normalized spacial score (nSPS) is 12.2. The highest BCUT2D eigenvalue weighted by Gasteiger charge is 2.30. The minimum Gasteiger partial charge on any atom is -0.394 e. The highest BCUT2D eigenvalue weighted by atomic mass is 16.3. The number of rotatable bonds is 11. The lowest BCUT2D eigenvalue weighted by atomic mass is 10.0. The summed E-state index contributed by atoms with van der Waals surface area (Å²) < 4.78 is 0. The van der Waals surface area contributed by atoms with Gasteiger partial charge < -0.3 is 57.0 Å². The van der Waals surface area contributed by atoms with Crippen molar-refractivity contribution in [1.82, 2.24) is 10.2 Å². The van der Waals surface area contributed by atoms with Crippen molar-refractivity contribution in [3.05, 3.63) is 0 Å². The zero-order valence-electron chi connectivity index (χ0n) is 16.4. The van der Waals surface area contributed by atoms with Crippen LogP contribution in [0, 0.1) is 0 Å². The number of nitrogens with zero attached hydrogens (tertiary/aromatic N) is 1. The van der Waals surface area contributed by atoms with Gasteiger partial charge in [0.25, 0.3) is 0 Å². The van der Waals surface area contributed by atoms with Crippen LogP contribution in [-0.4, -0.2) is 148 Å². The molecule has 0 aliphatic rings. The van der Waals surface area contributed by atoms with Crippen molar-refractivity contribution < 1.29 is 46.0 Å². The number of hydrogen-bond donors (Lipinski definition) is 11. The number of hydrogen-bond acceptors (Lipinski definition) is 12. The molecule has 0 radical (unpaired) electrons. The first kappa shape index (κ1) is 31.2. The fourth-order valence-electron chi connectivity index (χ4n) is 1.11. The van der Waals surface area contributed by atoms with Crippen LogP contribution in [0.25, 0.3) is 0 Å². The Hall–Kier alpha value is -0.480. The van der Waals surface area contributed by atoms with E-state index < -0.39 is 36.4 Å². The summed E-state index contributed by atoms with van der Waals surface area (Å²) >= 11 is 0. The molecule has 168 valence electrons. The summed E-state index contributed by atoms with van der Waals surface area (Å²) in [7, 11) is 4.97. The van der Waals surface area contributed by atoms with Crippen LogP contribution in [0.1, 0.15) is 0 Å². The first-order valence-electron chi connectivity index (χ1n) is 8.18. The first-order valence-corrected chi connectivity index (χ1v) is 8.18. The molecule has 0 aromatic heterocycles. The zero-order chi connectivity index (χ0) is 22.1. The predicted molar refractivity (Wildman–Crippen MR) is 98.9 cm³/mol. The molecule has 0 heterocycles. The average Bonchev–Trinajstić information content (AvgIpc) is 2.72. The molecule has 27 heavy (non-hydrogen) atoms. The molecule has 0 saturated heterocycles. The van der Waals surface area contributed by atoms with Gasteiger partial charge in [0.2, 0.25) is 0 Å². The Bertz CT molecular complexity index is 290. The number of likely N-dealkylation sites (N-methyl/N-ethyl adjacent to an activating group) is 2. The average molecular weight is 405 g/mol. The maximum atomic E-state index is 8.79. The fourth-order valence-corrected chi connectivity index (χ4v) is 1.11. The monoisotopic (exact) mass is 405 g/mol. The van der Waals surface area contributed by atoms with Crippen LogP contribution in [0.5, 0.6) is 0 Å². The van der Waals surface area contributed by atoms with Crippen molar-refractivity contribution >= 4 is 0 Å². The van der Waals surface area contributed by atoms with E-state index in [1.54, 1.807) is 26.0 Å². The molecule has 0 fully saturated rings. The molecule has 0 aromatic carbocycles. The molecule has 12 nitrogen and oxygen atoms in total. The second-order valence-corrected chi connectivity index (χ2v) is 6.43. The van der Waals surface area contributed by atoms with Crippen LogP contribution < -0.4 is 11.1 Å². The quantitative estimate of drug-likeness (QED) is 0.154. The maximum Gasteiger partial charge on any atom is 0.0901 e.